The predicted octanol–water partition coefficient (Wildman–Crippen LogP) is 4.60. The molecule has 0 amide bonds. The van der Waals surface area contributed by atoms with Crippen molar-refractivity contribution in [3.8, 4) is 22.8 Å². The number of nitrogens with zero attached hydrogens (tertiary/aromatic N) is 7. The Kier molecular flexibility index (Phi) is 5.73. The number of likely N-dealkylation sites (tertiary alicyclic amines) is 1. The van der Waals surface area contributed by atoms with E-state index in [0.717, 1.165) is 33.4 Å². The second kappa shape index (κ2) is 8.88. The molecule has 2 atom stereocenters. The number of aryl methyl sites for hydroxylation is 3. The van der Waals surface area contributed by atoms with E-state index in [0.29, 0.717) is 30.1 Å². The Labute approximate surface area is 216 Å². The van der Waals surface area contributed by atoms with Crippen molar-refractivity contribution >= 4 is 16.6 Å². The molecule has 1 aliphatic heterocycles. The van der Waals surface area contributed by atoms with Gasteiger partial charge in [0.05, 0.1) is 16.9 Å². The van der Waals surface area contributed by atoms with Gasteiger partial charge in [0.25, 0.3) is 0 Å². The molecular formula is C27H27F3N8. The van der Waals surface area contributed by atoms with Crippen molar-refractivity contribution in [2.45, 2.75) is 38.5 Å². The molecule has 4 aromatic heterocycles. The van der Waals surface area contributed by atoms with E-state index in [-0.39, 0.29) is 18.2 Å². The van der Waals surface area contributed by atoms with Crippen LogP contribution < -0.4 is 5.73 Å². The lowest BCUT2D eigenvalue weighted by Gasteiger charge is -2.30. The van der Waals surface area contributed by atoms with Crippen LogP contribution in [0.4, 0.5) is 13.2 Å². The van der Waals surface area contributed by atoms with E-state index in [2.05, 4.69) is 21.4 Å². The number of aromatic nitrogens is 6. The molecule has 5 aromatic rings. The fourth-order valence-electron chi connectivity index (χ4n) is 5.50. The van der Waals surface area contributed by atoms with Crippen LogP contribution in [-0.2, 0) is 7.05 Å². The summed E-state index contributed by atoms with van der Waals surface area (Å²) >= 11 is 0. The molecule has 0 bridgehead atoms. The summed E-state index contributed by atoms with van der Waals surface area (Å²) in [6, 6.07) is 10.9. The highest BCUT2D eigenvalue weighted by atomic mass is 19.4. The van der Waals surface area contributed by atoms with Gasteiger partial charge in [-0.05, 0) is 49.6 Å². The number of halogens is 3. The van der Waals surface area contributed by atoms with Gasteiger partial charge >= 0.3 is 6.18 Å². The molecule has 1 fully saturated rings. The van der Waals surface area contributed by atoms with Gasteiger partial charge in [-0.25, -0.2) is 4.98 Å². The highest BCUT2D eigenvalue weighted by Crippen LogP contribution is 2.39. The Morgan fingerprint density at radius 1 is 1.05 bits per heavy atom. The number of benzene rings is 1. The van der Waals surface area contributed by atoms with Crippen LogP contribution in [0, 0.1) is 13.8 Å². The fraction of sp³-hybridized carbons (Fsp3) is 0.333. The smallest absolute Gasteiger partial charge is 0.326 e. The van der Waals surface area contributed by atoms with Gasteiger partial charge in [-0.2, -0.15) is 18.3 Å². The predicted molar refractivity (Wildman–Crippen MR) is 138 cm³/mol. The van der Waals surface area contributed by atoms with Crippen LogP contribution in [0.3, 0.4) is 0 Å². The molecule has 2 unspecified atom stereocenters. The number of hydrogen-bond donors (Lipinski definition) is 1. The first-order valence-corrected chi connectivity index (χ1v) is 12.4. The number of rotatable bonds is 4. The molecule has 2 N–H and O–H groups in total. The molecule has 0 aliphatic carbocycles. The van der Waals surface area contributed by atoms with Crippen LogP contribution in [0.5, 0.6) is 0 Å². The lowest BCUT2D eigenvalue weighted by Crippen LogP contribution is -2.38. The molecule has 0 radical (unpaired) electrons. The molecular weight excluding hydrogens is 493 g/mol. The Morgan fingerprint density at radius 3 is 2.53 bits per heavy atom. The van der Waals surface area contributed by atoms with E-state index in [9.17, 15) is 13.2 Å². The second-order valence-electron chi connectivity index (χ2n) is 10.0. The van der Waals surface area contributed by atoms with Crippen molar-refractivity contribution in [1.29, 1.82) is 0 Å². The summed E-state index contributed by atoms with van der Waals surface area (Å²) in [6.07, 6.45) is -2.45. The Balaban J connectivity index is 1.46. The minimum absolute atomic E-state index is 0.117. The minimum Gasteiger partial charge on any atom is -0.326 e. The Hall–Kier alpha value is -3.83. The van der Waals surface area contributed by atoms with Gasteiger partial charge in [0.15, 0.2) is 11.5 Å². The first-order chi connectivity index (χ1) is 18.1. The maximum atomic E-state index is 14.2. The molecule has 0 saturated carbocycles. The van der Waals surface area contributed by atoms with Crippen molar-refractivity contribution < 1.29 is 13.2 Å². The first kappa shape index (κ1) is 24.5. The van der Waals surface area contributed by atoms with Crippen molar-refractivity contribution in [3.63, 3.8) is 0 Å². The summed E-state index contributed by atoms with van der Waals surface area (Å²) in [4.78, 5) is 6.30. The molecule has 196 valence electrons. The van der Waals surface area contributed by atoms with Crippen LogP contribution in [-0.4, -0.2) is 59.6 Å². The molecule has 6 rings (SSSR count). The van der Waals surface area contributed by atoms with Crippen molar-refractivity contribution in [2.24, 2.45) is 12.8 Å². The molecule has 38 heavy (non-hydrogen) atoms. The molecule has 1 aliphatic rings. The van der Waals surface area contributed by atoms with E-state index in [4.69, 9.17) is 10.7 Å². The third-order valence-corrected chi connectivity index (χ3v) is 7.29. The van der Waals surface area contributed by atoms with Gasteiger partial charge in [-0.1, -0.05) is 24.3 Å². The van der Waals surface area contributed by atoms with Crippen molar-refractivity contribution in [3.05, 3.63) is 65.5 Å². The molecule has 11 heteroatoms. The topological polar surface area (TPSA) is 90.2 Å². The SMILES string of the molecule is Cc1cc(-c2ccc3ccc(-c4nnc5ccc(C(N6CCC(N)C6)C(F)(F)F)cn45)nc3c2C)n(C)n1. The van der Waals surface area contributed by atoms with Gasteiger partial charge in [0.1, 0.15) is 11.7 Å². The summed E-state index contributed by atoms with van der Waals surface area (Å²) in [5.41, 5.74) is 11.7. The maximum Gasteiger partial charge on any atom is 0.408 e. The summed E-state index contributed by atoms with van der Waals surface area (Å²) in [6.45, 7) is 4.44. The lowest BCUT2D eigenvalue weighted by molar-refractivity contribution is -0.183. The van der Waals surface area contributed by atoms with Crippen LogP contribution in [0.2, 0.25) is 0 Å². The van der Waals surface area contributed by atoms with Gasteiger partial charge in [-0.3, -0.25) is 14.0 Å². The largest absolute Gasteiger partial charge is 0.408 e. The lowest BCUT2D eigenvalue weighted by atomic mass is 10.0. The van der Waals surface area contributed by atoms with Crippen molar-refractivity contribution in [2.75, 3.05) is 13.1 Å². The summed E-state index contributed by atoms with van der Waals surface area (Å²) in [7, 11) is 1.90. The first-order valence-electron chi connectivity index (χ1n) is 12.4. The number of hydrogen-bond acceptors (Lipinski definition) is 6. The maximum absolute atomic E-state index is 14.2. The third kappa shape index (κ3) is 4.11. The summed E-state index contributed by atoms with van der Waals surface area (Å²) in [5, 5.41) is 13.9. The van der Waals surface area contributed by atoms with Crippen LogP contribution in [0.1, 0.15) is 29.3 Å². The molecule has 1 saturated heterocycles. The monoisotopic (exact) mass is 520 g/mol. The van der Waals surface area contributed by atoms with E-state index in [1.54, 1.807) is 10.5 Å². The average molecular weight is 521 g/mol. The van der Waals surface area contributed by atoms with Gasteiger partial charge in [-0.15, -0.1) is 10.2 Å². The molecule has 0 spiro atoms. The highest BCUT2D eigenvalue weighted by Gasteiger charge is 2.46. The van der Waals surface area contributed by atoms with Gasteiger partial charge in [0.2, 0.25) is 0 Å². The summed E-state index contributed by atoms with van der Waals surface area (Å²) < 4.78 is 46.1. The number of fused-ring (bicyclic) bond motifs is 2. The standard InChI is InChI=1S/C27H27F3N8/c1-15-12-22(36(3)35-15)20-7-4-17-5-8-21(32-24(17)16(20)2)26-34-33-23-9-6-18(13-38(23)26)25(27(28,29)30)37-11-10-19(31)14-37/h4-9,12-13,19,25H,10-11,14,31H2,1-3H3. The van der Waals surface area contributed by atoms with E-state index in [1.807, 2.05) is 49.8 Å². The molecule has 5 heterocycles. The number of alkyl halides is 3. The molecule has 8 nitrogen and oxygen atoms in total. The Morgan fingerprint density at radius 2 is 1.84 bits per heavy atom. The van der Waals surface area contributed by atoms with Crippen LogP contribution in [0.25, 0.3) is 39.3 Å². The van der Waals surface area contributed by atoms with E-state index >= 15 is 0 Å². The van der Waals surface area contributed by atoms with E-state index < -0.39 is 12.2 Å². The zero-order valence-corrected chi connectivity index (χ0v) is 21.2. The summed E-state index contributed by atoms with van der Waals surface area (Å²) in [5.74, 6) is 0.379. The van der Waals surface area contributed by atoms with Gasteiger partial charge in [0, 0.05) is 43.3 Å². The van der Waals surface area contributed by atoms with E-state index in [1.165, 1.54) is 17.2 Å². The number of nitrogens with two attached hydrogens (primary N) is 1. The third-order valence-electron chi connectivity index (χ3n) is 7.29. The van der Waals surface area contributed by atoms with Crippen LogP contribution in [0.15, 0.2) is 48.7 Å². The fourth-order valence-corrected chi connectivity index (χ4v) is 5.50. The molecule has 1 aromatic carbocycles. The normalized spacial score (nSPS) is 17.6. The zero-order chi connectivity index (χ0) is 26.8. The average Bonchev–Trinajstić information content (AvgIpc) is 3.56. The van der Waals surface area contributed by atoms with Crippen molar-refractivity contribution in [1.82, 2.24) is 34.3 Å². The zero-order valence-electron chi connectivity index (χ0n) is 21.2. The van der Waals surface area contributed by atoms with Crippen LogP contribution >= 0.6 is 0 Å². The Bertz CT molecular complexity index is 1670. The highest BCUT2D eigenvalue weighted by molar-refractivity contribution is 5.89. The second-order valence-corrected chi connectivity index (χ2v) is 10.0. The van der Waals surface area contributed by atoms with Gasteiger partial charge < -0.3 is 5.73 Å². The minimum atomic E-state index is -4.45. The number of pyridine rings is 2. The quantitative estimate of drug-likeness (QED) is 0.373.